The van der Waals surface area contributed by atoms with Crippen LogP contribution in [0.15, 0.2) is 0 Å². The van der Waals surface area contributed by atoms with E-state index in [1.807, 2.05) is 0 Å². The van der Waals surface area contributed by atoms with Crippen molar-refractivity contribution in [3.8, 4) is 0 Å². The standard InChI is InChI=1S/C11H18N2O3/c12-9-3-1-2-8(9)11(16)13(6-10(14)15)7-4-5-7/h7-9H,1-6,12H2,(H,14,15). The Morgan fingerprint density at radius 3 is 2.38 bits per heavy atom. The number of aliphatic carboxylic acids is 1. The van der Waals surface area contributed by atoms with Crippen LogP contribution in [-0.2, 0) is 9.59 Å². The Kier molecular flexibility index (Phi) is 3.14. The molecule has 2 saturated carbocycles. The summed E-state index contributed by atoms with van der Waals surface area (Å²) < 4.78 is 0. The molecule has 0 aromatic heterocycles. The topological polar surface area (TPSA) is 83.6 Å². The molecule has 2 aliphatic rings. The van der Waals surface area contributed by atoms with Crippen LogP contribution >= 0.6 is 0 Å². The molecule has 0 aromatic rings. The fourth-order valence-corrected chi connectivity index (χ4v) is 2.43. The van der Waals surface area contributed by atoms with Crippen LogP contribution in [0.2, 0.25) is 0 Å². The third-order valence-electron chi connectivity index (χ3n) is 3.46. The molecule has 5 nitrogen and oxygen atoms in total. The fraction of sp³-hybridized carbons (Fsp3) is 0.818. The lowest BCUT2D eigenvalue weighted by atomic mass is 10.0. The first-order chi connectivity index (χ1) is 7.59. The van der Waals surface area contributed by atoms with E-state index >= 15 is 0 Å². The monoisotopic (exact) mass is 226 g/mol. The molecule has 0 aromatic carbocycles. The molecule has 0 radical (unpaired) electrons. The molecular weight excluding hydrogens is 208 g/mol. The average molecular weight is 226 g/mol. The summed E-state index contributed by atoms with van der Waals surface area (Å²) in [7, 11) is 0. The first-order valence-corrected chi connectivity index (χ1v) is 5.87. The van der Waals surface area contributed by atoms with Gasteiger partial charge in [0.2, 0.25) is 5.91 Å². The minimum atomic E-state index is -0.938. The second-order valence-corrected chi connectivity index (χ2v) is 4.79. The van der Waals surface area contributed by atoms with Gasteiger partial charge in [0.15, 0.2) is 0 Å². The van der Waals surface area contributed by atoms with Crippen LogP contribution in [0.3, 0.4) is 0 Å². The lowest BCUT2D eigenvalue weighted by Crippen LogP contribution is -2.45. The number of rotatable bonds is 4. The van der Waals surface area contributed by atoms with Crippen LogP contribution in [0.1, 0.15) is 32.1 Å². The highest BCUT2D eigenvalue weighted by atomic mass is 16.4. The predicted molar refractivity (Wildman–Crippen MR) is 57.7 cm³/mol. The quantitative estimate of drug-likeness (QED) is 0.716. The van der Waals surface area contributed by atoms with Crippen LogP contribution in [0.25, 0.3) is 0 Å². The van der Waals surface area contributed by atoms with Crippen molar-refractivity contribution in [1.29, 1.82) is 0 Å². The second-order valence-electron chi connectivity index (χ2n) is 4.79. The van der Waals surface area contributed by atoms with E-state index in [0.717, 1.165) is 32.1 Å². The van der Waals surface area contributed by atoms with Crippen molar-refractivity contribution in [2.24, 2.45) is 11.7 Å². The minimum absolute atomic E-state index is 0.0464. The third kappa shape index (κ3) is 2.35. The molecule has 3 N–H and O–H groups in total. The zero-order valence-electron chi connectivity index (χ0n) is 9.26. The van der Waals surface area contributed by atoms with Gasteiger partial charge in [-0.3, -0.25) is 9.59 Å². The van der Waals surface area contributed by atoms with E-state index in [9.17, 15) is 9.59 Å². The lowest BCUT2D eigenvalue weighted by molar-refractivity contribution is -0.147. The van der Waals surface area contributed by atoms with Crippen LogP contribution < -0.4 is 5.73 Å². The molecular formula is C11H18N2O3. The Morgan fingerprint density at radius 2 is 1.94 bits per heavy atom. The van der Waals surface area contributed by atoms with Gasteiger partial charge in [-0.15, -0.1) is 0 Å². The highest BCUT2D eigenvalue weighted by Gasteiger charge is 2.40. The van der Waals surface area contributed by atoms with Crippen LogP contribution in [0, 0.1) is 5.92 Å². The van der Waals surface area contributed by atoms with Gasteiger partial charge in [0, 0.05) is 12.1 Å². The van der Waals surface area contributed by atoms with Gasteiger partial charge >= 0.3 is 5.97 Å². The number of hydrogen-bond donors (Lipinski definition) is 2. The number of carbonyl (C=O) groups is 2. The molecule has 90 valence electrons. The van der Waals surface area contributed by atoms with E-state index in [0.29, 0.717) is 0 Å². The highest BCUT2D eigenvalue weighted by Crippen LogP contribution is 2.32. The van der Waals surface area contributed by atoms with E-state index < -0.39 is 5.97 Å². The molecule has 2 fully saturated rings. The summed E-state index contributed by atoms with van der Waals surface area (Å²) in [5.74, 6) is -1.14. The number of carboxylic acids is 1. The number of hydrogen-bond acceptors (Lipinski definition) is 3. The van der Waals surface area contributed by atoms with Gasteiger partial charge in [-0.25, -0.2) is 0 Å². The van der Waals surface area contributed by atoms with E-state index in [-0.39, 0.29) is 30.5 Å². The van der Waals surface area contributed by atoms with Gasteiger partial charge < -0.3 is 15.7 Å². The van der Waals surface area contributed by atoms with Crippen LogP contribution in [0.5, 0.6) is 0 Å². The fourth-order valence-electron chi connectivity index (χ4n) is 2.43. The Morgan fingerprint density at radius 1 is 1.25 bits per heavy atom. The van der Waals surface area contributed by atoms with Crippen molar-refractivity contribution in [2.75, 3.05) is 6.54 Å². The van der Waals surface area contributed by atoms with E-state index in [1.54, 1.807) is 0 Å². The van der Waals surface area contributed by atoms with Crippen molar-refractivity contribution in [2.45, 2.75) is 44.2 Å². The Labute approximate surface area is 94.6 Å². The molecule has 2 atom stereocenters. The SMILES string of the molecule is NC1CCCC1C(=O)N(CC(=O)O)C1CC1. The number of amides is 1. The molecule has 2 aliphatic carbocycles. The van der Waals surface area contributed by atoms with Crippen molar-refractivity contribution in [3.63, 3.8) is 0 Å². The molecule has 2 unspecified atom stereocenters. The summed E-state index contributed by atoms with van der Waals surface area (Å²) in [5.41, 5.74) is 5.87. The van der Waals surface area contributed by atoms with E-state index in [4.69, 9.17) is 10.8 Å². The summed E-state index contributed by atoms with van der Waals surface area (Å²) in [6, 6.07) is 0.0685. The Bertz CT molecular complexity index is 302. The number of carboxylic acid groups (broad SMARTS) is 1. The average Bonchev–Trinajstić information content (AvgIpc) is 2.97. The van der Waals surface area contributed by atoms with Gasteiger partial charge in [-0.05, 0) is 25.7 Å². The van der Waals surface area contributed by atoms with Crippen molar-refractivity contribution < 1.29 is 14.7 Å². The predicted octanol–water partition coefficient (Wildman–Crippen LogP) is 0.189. The third-order valence-corrected chi connectivity index (χ3v) is 3.46. The van der Waals surface area contributed by atoms with E-state index in [2.05, 4.69) is 0 Å². The molecule has 0 aliphatic heterocycles. The molecule has 0 heterocycles. The normalized spacial score (nSPS) is 29.1. The zero-order valence-corrected chi connectivity index (χ0v) is 9.26. The van der Waals surface area contributed by atoms with Crippen LogP contribution in [-0.4, -0.2) is 40.5 Å². The molecule has 0 saturated heterocycles. The maximum atomic E-state index is 12.2. The van der Waals surface area contributed by atoms with Crippen molar-refractivity contribution in [1.82, 2.24) is 4.90 Å². The number of nitrogens with zero attached hydrogens (tertiary/aromatic N) is 1. The summed E-state index contributed by atoms with van der Waals surface area (Å²) in [4.78, 5) is 24.4. The van der Waals surface area contributed by atoms with Gasteiger partial charge in [-0.1, -0.05) is 6.42 Å². The largest absolute Gasteiger partial charge is 0.480 e. The first-order valence-electron chi connectivity index (χ1n) is 5.87. The first kappa shape index (κ1) is 11.4. The van der Waals surface area contributed by atoms with Gasteiger partial charge in [0.25, 0.3) is 0 Å². The zero-order chi connectivity index (χ0) is 11.7. The smallest absolute Gasteiger partial charge is 0.323 e. The molecule has 0 spiro atoms. The van der Waals surface area contributed by atoms with Crippen LogP contribution in [0.4, 0.5) is 0 Å². The van der Waals surface area contributed by atoms with Crippen molar-refractivity contribution in [3.05, 3.63) is 0 Å². The summed E-state index contributed by atoms with van der Waals surface area (Å²) >= 11 is 0. The highest BCUT2D eigenvalue weighted by molar-refractivity contribution is 5.84. The Balaban J connectivity index is 2.01. The van der Waals surface area contributed by atoms with E-state index in [1.165, 1.54) is 4.90 Å². The number of carbonyl (C=O) groups excluding carboxylic acids is 1. The summed E-state index contributed by atoms with van der Waals surface area (Å²) in [5, 5.41) is 8.79. The maximum Gasteiger partial charge on any atom is 0.323 e. The molecule has 5 heteroatoms. The summed E-state index contributed by atoms with van der Waals surface area (Å²) in [6.45, 7) is -0.174. The molecule has 1 amide bonds. The minimum Gasteiger partial charge on any atom is -0.480 e. The van der Waals surface area contributed by atoms with Gasteiger partial charge in [-0.2, -0.15) is 0 Å². The second kappa shape index (κ2) is 4.41. The maximum absolute atomic E-state index is 12.2. The lowest BCUT2D eigenvalue weighted by Gasteiger charge is -2.25. The molecule has 16 heavy (non-hydrogen) atoms. The summed E-state index contributed by atoms with van der Waals surface area (Å²) in [6.07, 6.45) is 4.52. The van der Waals surface area contributed by atoms with Crippen molar-refractivity contribution >= 4 is 11.9 Å². The van der Waals surface area contributed by atoms with Gasteiger partial charge in [0.05, 0.1) is 5.92 Å². The molecule has 2 rings (SSSR count). The van der Waals surface area contributed by atoms with Gasteiger partial charge in [0.1, 0.15) is 6.54 Å². The Hall–Kier alpha value is -1.10. The molecule has 0 bridgehead atoms. The number of nitrogens with two attached hydrogens (primary N) is 1.